The molecule has 11 heteroatoms. The van der Waals surface area contributed by atoms with E-state index >= 15 is 0 Å². The zero-order chi connectivity index (χ0) is 28.1. The Labute approximate surface area is 232 Å². The van der Waals surface area contributed by atoms with E-state index in [0.717, 1.165) is 18.4 Å². The van der Waals surface area contributed by atoms with Crippen LogP contribution in [-0.4, -0.2) is 66.6 Å². The molecule has 1 aliphatic carbocycles. The first-order valence-electron chi connectivity index (χ1n) is 13.6. The van der Waals surface area contributed by atoms with Crippen molar-refractivity contribution in [1.29, 1.82) is 0 Å². The molecule has 1 saturated carbocycles. The van der Waals surface area contributed by atoms with Crippen LogP contribution in [0, 0.1) is 5.92 Å². The van der Waals surface area contributed by atoms with Crippen molar-refractivity contribution in [3.05, 3.63) is 48.0 Å². The second-order valence-electron chi connectivity index (χ2n) is 10.2. The Balaban J connectivity index is 1.16. The maximum Gasteiger partial charge on any atom is 0.327 e. The summed E-state index contributed by atoms with van der Waals surface area (Å²) in [5.74, 6) is 0.865. The van der Waals surface area contributed by atoms with Crippen molar-refractivity contribution in [3.63, 3.8) is 0 Å². The van der Waals surface area contributed by atoms with Crippen LogP contribution in [0.2, 0.25) is 0 Å². The number of anilines is 1. The van der Waals surface area contributed by atoms with Gasteiger partial charge in [0.05, 0.1) is 13.0 Å². The number of rotatable bonds is 10. The molecular formula is C29H34N4O7. The van der Waals surface area contributed by atoms with Crippen LogP contribution in [0.3, 0.4) is 0 Å². The number of benzene rings is 2. The molecule has 2 fully saturated rings. The molecule has 0 aromatic heterocycles. The monoisotopic (exact) mass is 550 g/mol. The number of carbonyl (C=O) groups excluding carboxylic acids is 4. The Kier molecular flexibility index (Phi) is 8.37. The molecule has 2 heterocycles. The zero-order valence-corrected chi connectivity index (χ0v) is 22.5. The molecule has 2 aromatic carbocycles. The van der Waals surface area contributed by atoms with Gasteiger partial charge in [0.25, 0.3) is 0 Å². The summed E-state index contributed by atoms with van der Waals surface area (Å²) in [4.78, 5) is 54.9. The number of nitrogens with one attached hydrogen (secondary N) is 2. The highest BCUT2D eigenvalue weighted by Crippen LogP contribution is 2.35. The van der Waals surface area contributed by atoms with Gasteiger partial charge in [-0.25, -0.2) is 4.79 Å². The summed E-state index contributed by atoms with van der Waals surface area (Å²) < 4.78 is 15.9. The van der Waals surface area contributed by atoms with Crippen LogP contribution in [0.4, 0.5) is 10.5 Å². The van der Waals surface area contributed by atoms with E-state index in [1.807, 2.05) is 12.1 Å². The Morgan fingerprint density at radius 3 is 2.70 bits per heavy atom. The van der Waals surface area contributed by atoms with Crippen molar-refractivity contribution >= 4 is 29.4 Å². The lowest BCUT2D eigenvalue weighted by Gasteiger charge is -2.46. The fourth-order valence-electron chi connectivity index (χ4n) is 5.55. The molecule has 40 heavy (non-hydrogen) atoms. The van der Waals surface area contributed by atoms with Crippen molar-refractivity contribution in [2.75, 3.05) is 32.3 Å². The van der Waals surface area contributed by atoms with Crippen molar-refractivity contribution in [1.82, 2.24) is 15.1 Å². The van der Waals surface area contributed by atoms with Crippen LogP contribution in [-0.2, 0) is 20.9 Å². The second kappa shape index (κ2) is 12.3. The van der Waals surface area contributed by atoms with Gasteiger partial charge in [-0.15, -0.1) is 0 Å². The number of fused-ring (bicyclic) bond motifs is 2. The SMILES string of the molecule is COc1cccc(NC(=O)CN2C(=O)N(CCCC(=O)NCc3ccc4c(c3)OCO4)C(=O)C3CCCCC32)c1. The highest BCUT2D eigenvalue weighted by atomic mass is 16.7. The van der Waals surface area contributed by atoms with Gasteiger partial charge in [0, 0.05) is 37.3 Å². The maximum atomic E-state index is 13.5. The molecule has 5 amide bonds. The van der Waals surface area contributed by atoms with Crippen LogP contribution < -0.4 is 24.8 Å². The molecule has 2 unspecified atom stereocenters. The minimum atomic E-state index is -0.477. The molecule has 11 nitrogen and oxygen atoms in total. The van der Waals surface area contributed by atoms with Gasteiger partial charge in [0.15, 0.2) is 11.5 Å². The van der Waals surface area contributed by atoms with E-state index in [1.54, 1.807) is 37.4 Å². The van der Waals surface area contributed by atoms with Crippen LogP contribution in [0.5, 0.6) is 17.2 Å². The number of amides is 5. The van der Waals surface area contributed by atoms with E-state index in [2.05, 4.69) is 10.6 Å². The Morgan fingerprint density at radius 1 is 1.02 bits per heavy atom. The average molecular weight is 551 g/mol. The first-order valence-corrected chi connectivity index (χ1v) is 13.6. The lowest BCUT2D eigenvalue weighted by atomic mass is 9.81. The number of imide groups is 1. The van der Waals surface area contributed by atoms with Crippen molar-refractivity contribution in [2.24, 2.45) is 5.92 Å². The summed E-state index contributed by atoms with van der Waals surface area (Å²) in [5, 5.41) is 5.69. The third-order valence-electron chi connectivity index (χ3n) is 7.57. The van der Waals surface area contributed by atoms with Gasteiger partial charge < -0.3 is 29.7 Å². The molecule has 2 aromatic rings. The van der Waals surface area contributed by atoms with Crippen molar-refractivity contribution < 1.29 is 33.4 Å². The molecule has 212 valence electrons. The van der Waals surface area contributed by atoms with Gasteiger partial charge >= 0.3 is 6.03 Å². The standard InChI is InChI=1S/C29H34N4O7/c1-38-21-7-4-6-20(15-21)31-27(35)17-33-23-9-3-2-8-22(23)28(36)32(29(33)37)13-5-10-26(34)30-16-19-11-12-24-25(14-19)40-18-39-24/h4,6-7,11-12,14-15,22-23H,2-3,5,8-10,13,16-18H2,1H3,(H,30,34)(H,31,35). The number of hydrogen-bond acceptors (Lipinski definition) is 7. The predicted octanol–water partition coefficient (Wildman–Crippen LogP) is 3.28. The van der Waals surface area contributed by atoms with E-state index < -0.39 is 6.03 Å². The normalized spacial score (nSPS) is 19.7. The van der Waals surface area contributed by atoms with Crippen LogP contribution >= 0.6 is 0 Å². The summed E-state index contributed by atoms with van der Waals surface area (Å²) in [6.45, 7) is 0.478. The first kappa shape index (κ1) is 27.3. The largest absolute Gasteiger partial charge is 0.497 e. The fourth-order valence-corrected chi connectivity index (χ4v) is 5.55. The quantitative estimate of drug-likeness (QED) is 0.465. The third kappa shape index (κ3) is 6.13. The number of methoxy groups -OCH3 is 1. The van der Waals surface area contributed by atoms with E-state index in [9.17, 15) is 19.2 Å². The number of nitrogens with zero attached hydrogens (tertiary/aromatic N) is 2. The first-order chi connectivity index (χ1) is 19.4. The molecule has 2 atom stereocenters. The highest BCUT2D eigenvalue weighted by Gasteiger charge is 2.47. The number of carbonyl (C=O) groups is 4. The summed E-state index contributed by atoms with van der Waals surface area (Å²) >= 11 is 0. The molecule has 0 spiro atoms. The van der Waals surface area contributed by atoms with Gasteiger partial charge in [-0.3, -0.25) is 19.3 Å². The molecular weight excluding hydrogens is 516 g/mol. The summed E-state index contributed by atoms with van der Waals surface area (Å²) in [6.07, 6.45) is 3.65. The molecule has 0 radical (unpaired) electrons. The summed E-state index contributed by atoms with van der Waals surface area (Å²) in [6, 6.07) is 11.7. The highest BCUT2D eigenvalue weighted by molar-refractivity contribution is 6.01. The van der Waals surface area contributed by atoms with Crippen LogP contribution in [0.15, 0.2) is 42.5 Å². The zero-order valence-electron chi connectivity index (χ0n) is 22.5. The third-order valence-corrected chi connectivity index (χ3v) is 7.57. The lowest BCUT2D eigenvalue weighted by molar-refractivity contribution is -0.142. The fraction of sp³-hybridized carbons (Fsp3) is 0.448. The molecule has 0 bridgehead atoms. The molecule has 3 aliphatic rings. The van der Waals surface area contributed by atoms with Gasteiger partial charge in [0.1, 0.15) is 12.3 Å². The van der Waals surface area contributed by atoms with Gasteiger partial charge in [-0.1, -0.05) is 25.0 Å². The predicted molar refractivity (Wildman–Crippen MR) is 145 cm³/mol. The topological polar surface area (TPSA) is 127 Å². The average Bonchev–Trinajstić information content (AvgIpc) is 3.44. The molecule has 2 aliphatic heterocycles. The van der Waals surface area contributed by atoms with Gasteiger partial charge in [-0.2, -0.15) is 0 Å². The summed E-state index contributed by atoms with van der Waals surface area (Å²) in [7, 11) is 1.55. The number of urea groups is 1. The van der Waals surface area contributed by atoms with E-state index in [1.165, 1.54) is 9.80 Å². The Hall–Kier alpha value is -4.28. The minimum Gasteiger partial charge on any atom is -0.497 e. The van der Waals surface area contributed by atoms with Gasteiger partial charge in [0.2, 0.25) is 24.5 Å². The minimum absolute atomic E-state index is 0.117. The van der Waals surface area contributed by atoms with E-state index in [0.29, 0.717) is 48.7 Å². The maximum absolute atomic E-state index is 13.5. The number of ether oxygens (including phenoxy) is 3. The van der Waals surface area contributed by atoms with Crippen LogP contribution in [0.25, 0.3) is 0 Å². The smallest absolute Gasteiger partial charge is 0.327 e. The molecule has 2 N–H and O–H groups in total. The molecule has 1 saturated heterocycles. The van der Waals surface area contributed by atoms with Crippen molar-refractivity contribution in [2.45, 2.75) is 51.1 Å². The number of hydrogen-bond donors (Lipinski definition) is 2. The Bertz CT molecular complexity index is 1280. The van der Waals surface area contributed by atoms with E-state index in [4.69, 9.17) is 14.2 Å². The Morgan fingerprint density at radius 2 is 1.85 bits per heavy atom. The van der Waals surface area contributed by atoms with Crippen LogP contribution in [0.1, 0.15) is 44.1 Å². The summed E-state index contributed by atoms with van der Waals surface area (Å²) in [5.41, 5.74) is 1.44. The van der Waals surface area contributed by atoms with Crippen molar-refractivity contribution in [3.8, 4) is 17.2 Å². The second-order valence-corrected chi connectivity index (χ2v) is 10.2. The lowest BCUT2D eigenvalue weighted by Crippen LogP contribution is -2.63. The molecule has 5 rings (SSSR count). The van der Waals surface area contributed by atoms with E-state index in [-0.39, 0.29) is 56.0 Å². The van der Waals surface area contributed by atoms with Gasteiger partial charge in [-0.05, 0) is 49.1 Å².